The average Bonchev–Trinajstić information content (AvgIpc) is 3.12. The molecule has 1 fully saturated rings. The van der Waals surface area contributed by atoms with E-state index in [0.717, 1.165) is 47.7 Å². The van der Waals surface area contributed by atoms with E-state index in [1.165, 1.54) is 5.56 Å². The van der Waals surface area contributed by atoms with Crippen LogP contribution in [0.15, 0.2) is 54.7 Å². The van der Waals surface area contributed by atoms with E-state index in [1.807, 2.05) is 27.9 Å². The van der Waals surface area contributed by atoms with Gasteiger partial charge >= 0.3 is 0 Å². The van der Waals surface area contributed by atoms with Crippen molar-refractivity contribution in [2.75, 3.05) is 31.1 Å². The van der Waals surface area contributed by atoms with E-state index in [0.29, 0.717) is 30.2 Å². The van der Waals surface area contributed by atoms with Gasteiger partial charge in [-0.2, -0.15) is 5.10 Å². The molecular formula is C26H27ClN6O. The minimum absolute atomic E-state index is 0.0262. The van der Waals surface area contributed by atoms with Crippen molar-refractivity contribution in [3.05, 3.63) is 76.7 Å². The zero-order chi connectivity index (χ0) is 23.7. The van der Waals surface area contributed by atoms with E-state index in [9.17, 15) is 4.79 Å². The summed E-state index contributed by atoms with van der Waals surface area (Å²) >= 11 is 6.28. The Morgan fingerprint density at radius 3 is 2.56 bits per heavy atom. The molecule has 0 unspecified atom stereocenters. The average molecular weight is 475 g/mol. The van der Waals surface area contributed by atoms with Crippen molar-refractivity contribution in [3.63, 3.8) is 0 Å². The van der Waals surface area contributed by atoms with Crippen molar-refractivity contribution in [3.8, 4) is 5.69 Å². The molecule has 1 amide bonds. The number of carbonyl (C=O) groups excluding carboxylic acids is 1. The summed E-state index contributed by atoms with van der Waals surface area (Å²) < 4.78 is 1.88. The van der Waals surface area contributed by atoms with Crippen LogP contribution < -0.4 is 4.90 Å². The predicted octanol–water partition coefficient (Wildman–Crippen LogP) is 4.69. The SMILES string of the molecule is CCc1nc(N2CCCN(C(=O)c3ccccc3Cl)CC2)c2cnn(-c3ccc(C)cc3)c2n1. The predicted molar refractivity (Wildman–Crippen MR) is 135 cm³/mol. The van der Waals surface area contributed by atoms with Gasteiger partial charge in [-0.05, 0) is 37.6 Å². The van der Waals surface area contributed by atoms with Gasteiger partial charge in [0.05, 0.1) is 27.9 Å². The molecule has 5 rings (SSSR count). The summed E-state index contributed by atoms with van der Waals surface area (Å²) in [5.41, 5.74) is 3.53. The normalized spacial score (nSPS) is 14.4. The quantitative estimate of drug-likeness (QED) is 0.429. The molecule has 2 aromatic carbocycles. The summed E-state index contributed by atoms with van der Waals surface area (Å²) in [6.45, 7) is 6.89. The molecule has 4 aromatic rings. The number of benzene rings is 2. The van der Waals surface area contributed by atoms with Gasteiger partial charge in [0.25, 0.3) is 5.91 Å². The highest BCUT2D eigenvalue weighted by atomic mass is 35.5. The molecule has 0 atom stereocenters. The molecule has 0 aliphatic carbocycles. The molecule has 3 heterocycles. The van der Waals surface area contributed by atoms with Gasteiger partial charge in [0.2, 0.25) is 0 Å². The third-order valence-electron chi connectivity index (χ3n) is 6.24. The molecule has 8 heteroatoms. The molecule has 34 heavy (non-hydrogen) atoms. The molecule has 0 radical (unpaired) electrons. The largest absolute Gasteiger partial charge is 0.354 e. The summed E-state index contributed by atoms with van der Waals surface area (Å²) in [5.74, 6) is 1.64. The molecule has 0 spiro atoms. The molecule has 2 aromatic heterocycles. The van der Waals surface area contributed by atoms with Gasteiger partial charge in [0.15, 0.2) is 5.65 Å². The third-order valence-corrected chi connectivity index (χ3v) is 6.57. The lowest BCUT2D eigenvalue weighted by Crippen LogP contribution is -2.35. The Labute approximate surface area is 204 Å². The van der Waals surface area contributed by atoms with Gasteiger partial charge in [-0.25, -0.2) is 14.6 Å². The van der Waals surface area contributed by atoms with Gasteiger partial charge in [0, 0.05) is 32.6 Å². The summed E-state index contributed by atoms with van der Waals surface area (Å²) in [5, 5.41) is 6.06. The van der Waals surface area contributed by atoms with Crippen molar-refractivity contribution in [2.45, 2.75) is 26.7 Å². The maximum Gasteiger partial charge on any atom is 0.255 e. The number of aryl methyl sites for hydroxylation is 2. The number of fused-ring (bicyclic) bond motifs is 1. The minimum atomic E-state index is -0.0262. The van der Waals surface area contributed by atoms with E-state index in [1.54, 1.807) is 12.1 Å². The number of amides is 1. The fourth-order valence-electron chi connectivity index (χ4n) is 4.35. The summed E-state index contributed by atoms with van der Waals surface area (Å²) in [6, 6.07) is 15.5. The van der Waals surface area contributed by atoms with E-state index in [-0.39, 0.29) is 5.91 Å². The van der Waals surface area contributed by atoms with Gasteiger partial charge in [-0.3, -0.25) is 4.79 Å². The lowest BCUT2D eigenvalue weighted by Gasteiger charge is -2.24. The molecule has 0 N–H and O–H groups in total. The maximum atomic E-state index is 13.1. The number of carbonyl (C=O) groups is 1. The lowest BCUT2D eigenvalue weighted by molar-refractivity contribution is 0.0767. The zero-order valence-corrected chi connectivity index (χ0v) is 20.2. The number of aromatic nitrogens is 4. The van der Waals surface area contributed by atoms with Gasteiger partial charge in [-0.15, -0.1) is 0 Å². The van der Waals surface area contributed by atoms with Crippen molar-refractivity contribution < 1.29 is 4.79 Å². The smallest absolute Gasteiger partial charge is 0.255 e. The number of hydrogen-bond donors (Lipinski definition) is 0. The Kier molecular flexibility index (Phi) is 6.20. The summed E-state index contributed by atoms with van der Waals surface area (Å²) in [6.07, 6.45) is 3.42. The number of halogens is 1. The number of anilines is 1. The van der Waals surface area contributed by atoms with Crippen molar-refractivity contribution in [1.82, 2.24) is 24.6 Å². The fraction of sp³-hybridized carbons (Fsp3) is 0.308. The van der Waals surface area contributed by atoms with E-state index >= 15 is 0 Å². The van der Waals surface area contributed by atoms with Crippen LogP contribution in [0, 0.1) is 6.92 Å². The van der Waals surface area contributed by atoms with Crippen LogP contribution >= 0.6 is 11.6 Å². The second kappa shape index (κ2) is 9.43. The van der Waals surface area contributed by atoms with Crippen molar-refractivity contribution >= 4 is 34.4 Å². The van der Waals surface area contributed by atoms with Crippen LogP contribution in [0.2, 0.25) is 5.02 Å². The van der Waals surface area contributed by atoms with Crippen LogP contribution in [0.5, 0.6) is 0 Å². The molecule has 0 bridgehead atoms. The number of rotatable bonds is 4. The molecule has 1 aliphatic heterocycles. The van der Waals surface area contributed by atoms with Crippen LogP contribution in [0.25, 0.3) is 16.7 Å². The third kappa shape index (κ3) is 4.23. The van der Waals surface area contributed by atoms with E-state index < -0.39 is 0 Å². The first-order valence-electron chi connectivity index (χ1n) is 11.7. The monoisotopic (exact) mass is 474 g/mol. The zero-order valence-electron chi connectivity index (χ0n) is 19.4. The van der Waals surface area contributed by atoms with Gasteiger partial charge < -0.3 is 9.80 Å². The Morgan fingerprint density at radius 1 is 1.00 bits per heavy atom. The lowest BCUT2D eigenvalue weighted by atomic mass is 10.2. The van der Waals surface area contributed by atoms with Crippen LogP contribution in [-0.4, -0.2) is 56.7 Å². The molecule has 1 aliphatic rings. The summed E-state index contributed by atoms with van der Waals surface area (Å²) in [4.78, 5) is 26.9. The topological polar surface area (TPSA) is 67.2 Å². The van der Waals surface area contributed by atoms with Crippen LogP contribution in [0.4, 0.5) is 5.82 Å². The number of hydrogen-bond acceptors (Lipinski definition) is 5. The molecule has 7 nitrogen and oxygen atoms in total. The standard InChI is InChI=1S/C26H27ClN6O/c1-3-23-29-24(21-17-28-33(25(21)30-23)19-11-9-18(2)10-12-19)31-13-6-14-32(16-15-31)26(34)20-7-4-5-8-22(20)27/h4-5,7-12,17H,3,6,13-16H2,1-2H3. The molecule has 1 saturated heterocycles. The van der Waals surface area contributed by atoms with Crippen LogP contribution in [0.3, 0.4) is 0 Å². The van der Waals surface area contributed by atoms with Crippen LogP contribution in [-0.2, 0) is 6.42 Å². The first-order valence-corrected chi connectivity index (χ1v) is 12.0. The Morgan fingerprint density at radius 2 is 1.79 bits per heavy atom. The second-order valence-corrected chi connectivity index (χ2v) is 8.97. The van der Waals surface area contributed by atoms with Gasteiger partial charge in [-0.1, -0.05) is 48.4 Å². The van der Waals surface area contributed by atoms with E-state index in [4.69, 9.17) is 21.6 Å². The Bertz CT molecular complexity index is 1330. The molecule has 0 saturated carbocycles. The highest BCUT2D eigenvalue weighted by Crippen LogP contribution is 2.27. The highest BCUT2D eigenvalue weighted by Gasteiger charge is 2.24. The fourth-order valence-corrected chi connectivity index (χ4v) is 4.57. The van der Waals surface area contributed by atoms with E-state index in [2.05, 4.69) is 48.1 Å². The molecular weight excluding hydrogens is 448 g/mol. The first kappa shape index (κ1) is 22.3. The summed E-state index contributed by atoms with van der Waals surface area (Å²) in [7, 11) is 0. The van der Waals surface area contributed by atoms with Crippen molar-refractivity contribution in [1.29, 1.82) is 0 Å². The minimum Gasteiger partial charge on any atom is -0.354 e. The Hall–Kier alpha value is -3.45. The number of nitrogens with zero attached hydrogens (tertiary/aromatic N) is 6. The van der Waals surface area contributed by atoms with Crippen molar-refractivity contribution in [2.24, 2.45) is 0 Å². The molecule has 174 valence electrons. The maximum absolute atomic E-state index is 13.1. The van der Waals surface area contributed by atoms with Crippen LogP contribution in [0.1, 0.15) is 35.1 Å². The van der Waals surface area contributed by atoms with Gasteiger partial charge in [0.1, 0.15) is 11.6 Å². The second-order valence-electron chi connectivity index (χ2n) is 8.56. The highest BCUT2D eigenvalue weighted by molar-refractivity contribution is 6.33. The Balaban J connectivity index is 1.45. The first-order chi connectivity index (χ1) is 16.5.